The Kier molecular flexibility index (Phi) is 4.11. The van der Waals surface area contributed by atoms with Crippen molar-refractivity contribution < 1.29 is 17.9 Å². The number of hydrogen-bond acceptors (Lipinski definition) is 1. The van der Waals surface area contributed by atoms with Crippen LogP contribution in [0.3, 0.4) is 0 Å². The first kappa shape index (κ1) is 14.0. The minimum Gasteiger partial charge on any atom is -0.449 e. The number of halogens is 7. The lowest BCUT2D eigenvalue weighted by molar-refractivity contribution is -0.184. The summed E-state index contributed by atoms with van der Waals surface area (Å²) in [5, 5.41) is 0.126. The molecule has 1 aromatic carbocycles. The lowest BCUT2D eigenvalue weighted by Gasteiger charge is -2.24. The average molecular weight is 314 g/mol. The Labute approximate surface area is 109 Å². The van der Waals surface area contributed by atoms with E-state index in [4.69, 9.17) is 46.4 Å². The Morgan fingerprint density at radius 2 is 1.62 bits per heavy atom. The molecule has 0 N–H and O–H groups in total. The maximum atomic E-state index is 12.3. The van der Waals surface area contributed by atoms with Crippen molar-refractivity contribution in [3.63, 3.8) is 0 Å². The highest BCUT2D eigenvalue weighted by Crippen LogP contribution is 2.43. The van der Waals surface area contributed by atoms with Gasteiger partial charge in [0.05, 0.1) is 5.02 Å². The summed E-state index contributed by atoms with van der Waals surface area (Å²) in [4.78, 5) is 0. The molecule has 0 spiro atoms. The smallest absolute Gasteiger partial charge is 0.449 e. The van der Waals surface area contributed by atoms with Crippen molar-refractivity contribution in [3.8, 4) is 5.75 Å². The van der Waals surface area contributed by atoms with Crippen LogP contribution < -0.4 is 4.74 Å². The minimum atomic E-state index is -4.95. The normalized spacial score (nSPS) is 12.7. The van der Waals surface area contributed by atoms with Gasteiger partial charge in [-0.3, -0.25) is 0 Å². The molecule has 0 saturated heterocycles. The van der Waals surface area contributed by atoms with Crippen molar-refractivity contribution in [3.05, 3.63) is 28.2 Å². The average Bonchev–Trinajstić information content (AvgIpc) is 2.08. The standard InChI is InChI=1S/C8H3Cl4F3O/c9-4-1-2-6(5(10)3-4)16-7(11,12)8(13,14)15/h1-3H. The van der Waals surface area contributed by atoms with Gasteiger partial charge in [-0.25, -0.2) is 0 Å². The monoisotopic (exact) mass is 312 g/mol. The van der Waals surface area contributed by atoms with Crippen LogP contribution in [0, 0.1) is 0 Å². The maximum absolute atomic E-state index is 12.3. The van der Waals surface area contributed by atoms with Crippen molar-refractivity contribution in [1.82, 2.24) is 0 Å². The van der Waals surface area contributed by atoms with E-state index in [0.29, 0.717) is 0 Å². The summed E-state index contributed by atoms with van der Waals surface area (Å²) in [5.74, 6) is -0.312. The molecule has 0 atom stereocenters. The highest BCUT2D eigenvalue weighted by molar-refractivity contribution is 6.48. The highest BCUT2D eigenvalue weighted by Gasteiger charge is 2.56. The Morgan fingerprint density at radius 3 is 2.06 bits per heavy atom. The molecule has 0 amide bonds. The minimum absolute atomic E-state index is 0.123. The van der Waals surface area contributed by atoms with E-state index in [2.05, 4.69) is 4.74 Å². The predicted molar refractivity (Wildman–Crippen MR) is 57.6 cm³/mol. The lowest BCUT2D eigenvalue weighted by Crippen LogP contribution is -2.39. The summed E-state index contributed by atoms with van der Waals surface area (Å²) in [6.07, 6.45) is -4.95. The van der Waals surface area contributed by atoms with Gasteiger partial charge in [-0.2, -0.15) is 13.2 Å². The molecule has 16 heavy (non-hydrogen) atoms. The van der Waals surface area contributed by atoms with Crippen LogP contribution in [-0.2, 0) is 0 Å². The predicted octanol–water partition coefficient (Wildman–Crippen LogP) is 5.07. The highest BCUT2D eigenvalue weighted by atomic mass is 35.5. The van der Waals surface area contributed by atoms with Crippen molar-refractivity contribution in [2.24, 2.45) is 0 Å². The van der Waals surface area contributed by atoms with E-state index in [1.54, 1.807) is 0 Å². The molecule has 0 aromatic heterocycles. The van der Waals surface area contributed by atoms with E-state index in [1.807, 2.05) is 0 Å². The molecular formula is C8H3Cl4F3O. The van der Waals surface area contributed by atoms with E-state index in [9.17, 15) is 13.2 Å². The third-order valence-electron chi connectivity index (χ3n) is 1.46. The first-order valence-electron chi connectivity index (χ1n) is 3.72. The van der Waals surface area contributed by atoms with Crippen molar-refractivity contribution in [2.75, 3.05) is 0 Å². The van der Waals surface area contributed by atoms with E-state index in [-0.39, 0.29) is 15.8 Å². The third-order valence-corrected chi connectivity index (χ3v) is 2.58. The van der Waals surface area contributed by atoms with Gasteiger partial charge in [0, 0.05) is 5.02 Å². The largest absolute Gasteiger partial charge is 0.459 e. The quantitative estimate of drug-likeness (QED) is 0.693. The van der Waals surface area contributed by atoms with Gasteiger partial charge in [0.2, 0.25) is 0 Å². The van der Waals surface area contributed by atoms with E-state index in [0.717, 1.165) is 6.07 Å². The van der Waals surface area contributed by atoms with E-state index >= 15 is 0 Å². The Bertz CT molecular complexity index is 391. The van der Waals surface area contributed by atoms with Gasteiger partial charge in [0.15, 0.2) is 0 Å². The van der Waals surface area contributed by atoms with Crippen LogP contribution >= 0.6 is 46.4 Å². The zero-order valence-corrected chi connectivity index (χ0v) is 10.3. The Balaban J connectivity index is 2.97. The van der Waals surface area contributed by atoms with Gasteiger partial charge in [-0.1, -0.05) is 23.2 Å². The van der Waals surface area contributed by atoms with E-state index in [1.165, 1.54) is 12.1 Å². The summed E-state index contributed by atoms with van der Waals surface area (Å²) in [7, 11) is 0. The fourth-order valence-electron chi connectivity index (χ4n) is 0.754. The van der Waals surface area contributed by atoms with Crippen LogP contribution in [0.25, 0.3) is 0 Å². The van der Waals surface area contributed by atoms with Crippen molar-refractivity contribution in [1.29, 1.82) is 0 Å². The first-order valence-corrected chi connectivity index (χ1v) is 5.23. The van der Waals surface area contributed by atoms with Gasteiger partial charge in [0.25, 0.3) is 0 Å². The second kappa shape index (κ2) is 4.69. The van der Waals surface area contributed by atoms with Gasteiger partial charge < -0.3 is 4.74 Å². The molecular weight excluding hydrogens is 311 g/mol. The SMILES string of the molecule is FC(F)(F)C(Cl)(Cl)Oc1ccc(Cl)cc1Cl. The maximum Gasteiger partial charge on any atom is 0.459 e. The summed E-state index contributed by atoms with van der Waals surface area (Å²) in [6.45, 7) is 0. The molecule has 8 heteroatoms. The Hall–Kier alpha value is -0.0300. The summed E-state index contributed by atoms with van der Waals surface area (Å²) >= 11 is 21.1. The van der Waals surface area contributed by atoms with Gasteiger partial charge in [-0.05, 0) is 41.4 Å². The van der Waals surface area contributed by atoms with Crippen LogP contribution in [-0.4, -0.2) is 10.7 Å². The zero-order chi connectivity index (χ0) is 12.6. The molecule has 0 aliphatic rings. The molecule has 0 heterocycles. The van der Waals surface area contributed by atoms with Crippen LogP contribution in [0.2, 0.25) is 10.0 Å². The third kappa shape index (κ3) is 3.23. The number of alkyl halides is 5. The molecule has 1 aromatic rings. The Morgan fingerprint density at radius 1 is 1.06 bits per heavy atom. The molecule has 90 valence electrons. The molecule has 0 bridgehead atoms. The molecule has 1 rings (SSSR count). The van der Waals surface area contributed by atoms with E-state index < -0.39 is 10.7 Å². The van der Waals surface area contributed by atoms with Crippen LogP contribution in [0.5, 0.6) is 5.75 Å². The molecule has 0 saturated carbocycles. The van der Waals surface area contributed by atoms with Gasteiger partial charge in [-0.15, -0.1) is 0 Å². The summed E-state index contributed by atoms with van der Waals surface area (Å²) < 4.78 is 37.8. The molecule has 0 fully saturated rings. The first-order chi connectivity index (χ1) is 7.13. The number of ether oxygens (including phenoxy) is 1. The lowest BCUT2D eigenvalue weighted by atomic mass is 10.3. The molecule has 0 unspecified atom stereocenters. The zero-order valence-electron chi connectivity index (χ0n) is 7.29. The topological polar surface area (TPSA) is 9.23 Å². The van der Waals surface area contributed by atoms with Crippen LogP contribution in [0.4, 0.5) is 13.2 Å². The second-order valence-electron chi connectivity index (χ2n) is 2.69. The number of benzene rings is 1. The van der Waals surface area contributed by atoms with Gasteiger partial charge >= 0.3 is 10.7 Å². The van der Waals surface area contributed by atoms with Crippen LogP contribution in [0.15, 0.2) is 18.2 Å². The van der Waals surface area contributed by atoms with Crippen molar-refractivity contribution >= 4 is 46.4 Å². The molecule has 1 nitrogen and oxygen atoms in total. The molecule has 0 radical (unpaired) electrons. The fraction of sp³-hybridized carbons (Fsp3) is 0.250. The van der Waals surface area contributed by atoms with Gasteiger partial charge in [0.1, 0.15) is 5.75 Å². The van der Waals surface area contributed by atoms with Crippen molar-refractivity contribution in [2.45, 2.75) is 10.7 Å². The molecule has 0 aliphatic carbocycles. The summed E-state index contributed by atoms with van der Waals surface area (Å²) in [5.41, 5.74) is 0. The number of rotatable bonds is 2. The summed E-state index contributed by atoms with van der Waals surface area (Å²) in [6, 6.07) is 3.64. The van der Waals surface area contributed by atoms with Crippen LogP contribution in [0.1, 0.15) is 0 Å². The second-order valence-corrected chi connectivity index (χ2v) is 4.79. The molecule has 0 aliphatic heterocycles. The number of hydrogen-bond donors (Lipinski definition) is 0. The fourth-order valence-corrected chi connectivity index (χ4v) is 1.37.